The molecule has 4 aromatic carbocycles. The van der Waals surface area contributed by atoms with E-state index in [9.17, 15) is 19.5 Å². The summed E-state index contributed by atoms with van der Waals surface area (Å²) in [5.74, 6) is 1.18. The monoisotopic (exact) mass is 838 g/mol. The van der Waals surface area contributed by atoms with Gasteiger partial charge in [-0.05, 0) is 110 Å². The van der Waals surface area contributed by atoms with E-state index in [0.717, 1.165) is 33.5 Å². The second-order valence-corrected chi connectivity index (χ2v) is 15.7. The van der Waals surface area contributed by atoms with Crippen LogP contribution in [0.3, 0.4) is 0 Å². The summed E-state index contributed by atoms with van der Waals surface area (Å²) in [6.45, 7) is 8.16. The number of pyridine rings is 1. The molecule has 3 amide bonds. The molecule has 2 aliphatic rings. The van der Waals surface area contributed by atoms with E-state index in [-0.39, 0.29) is 32.0 Å². The van der Waals surface area contributed by atoms with Gasteiger partial charge in [0.1, 0.15) is 42.5 Å². The van der Waals surface area contributed by atoms with Crippen molar-refractivity contribution in [1.29, 1.82) is 0 Å². The van der Waals surface area contributed by atoms with E-state index in [1.165, 1.54) is 4.90 Å². The zero-order valence-electron chi connectivity index (χ0n) is 33.0. The van der Waals surface area contributed by atoms with E-state index < -0.39 is 36.1 Å². The Balaban J connectivity index is 1.02. The second kappa shape index (κ2) is 17.9. The van der Waals surface area contributed by atoms with Crippen molar-refractivity contribution in [1.82, 2.24) is 20.5 Å². The number of halogens is 2. The van der Waals surface area contributed by atoms with Crippen LogP contribution >= 0.6 is 23.2 Å². The van der Waals surface area contributed by atoms with E-state index in [1.807, 2.05) is 70.2 Å². The number of carboxylic acids is 1. The van der Waals surface area contributed by atoms with Crippen LogP contribution in [0.2, 0.25) is 10.0 Å². The molecule has 306 valence electrons. The molecule has 2 aliphatic heterocycles. The van der Waals surface area contributed by atoms with Gasteiger partial charge in [0.05, 0.1) is 10.0 Å². The van der Waals surface area contributed by atoms with Gasteiger partial charge in [0.25, 0.3) is 0 Å². The van der Waals surface area contributed by atoms with Gasteiger partial charge >= 0.3 is 12.0 Å². The molecular weight excluding hydrogens is 795 g/mol. The van der Waals surface area contributed by atoms with Crippen LogP contribution < -0.4 is 29.6 Å². The van der Waals surface area contributed by atoms with Gasteiger partial charge < -0.3 is 39.6 Å². The Kier molecular flexibility index (Phi) is 12.5. The smallest absolute Gasteiger partial charge is 0.326 e. The number of ether oxygens (including phenoxy) is 4. The molecule has 59 heavy (non-hydrogen) atoms. The topological polar surface area (TPSA) is 149 Å². The minimum Gasteiger partial charge on any atom is -0.489 e. The maximum atomic E-state index is 14.0. The van der Waals surface area contributed by atoms with Gasteiger partial charge in [0.2, 0.25) is 5.91 Å². The van der Waals surface area contributed by atoms with Gasteiger partial charge in [-0.1, -0.05) is 53.5 Å². The third-order valence-corrected chi connectivity index (χ3v) is 11.0. The molecule has 0 saturated heterocycles. The Hall–Kier alpha value is -5.98. The zero-order valence-corrected chi connectivity index (χ0v) is 34.5. The molecule has 0 spiro atoms. The fourth-order valence-corrected chi connectivity index (χ4v) is 7.24. The summed E-state index contributed by atoms with van der Waals surface area (Å²) in [7, 11) is 0. The number of carboxylic acid groups (broad SMARTS) is 1. The van der Waals surface area contributed by atoms with E-state index >= 15 is 0 Å². The maximum absolute atomic E-state index is 14.0. The summed E-state index contributed by atoms with van der Waals surface area (Å²) in [6, 6.07) is 22.5. The Labute approximate surface area is 352 Å². The van der Waals surface area contributed by atoms with Gasteiger partial charge in [-0.3, -0.25) is 9.78 Å². The lowest BCUT2D eigenvalue weighted by atomic mass is 9.92. The lowest BCUT2D eigenvalue weighted by molar-refractivity contribution is -0.142. The molecule has 5 aromatic rings. The summed E-state index contributed by atoms with van der Waals surface area (Å²) in [6.07, 6.45) is 1.43. The fourth-order valence-electron chi connectivity index (χ4n) is 6.92. The number of urea groups is 1. The largest absolute Gasteiger partial charge is 0.489 e. The maximum Gasteiger partial charge on any atom is 0.326 e. The Morgan fingerprint density at radius 3 is 2.31 bits per heavy atom. The lowest BCUT2D eigenvalue weighted by Gasteiger charge is -2.38. The van der Waals surface area contributed by atoms with Gasteiger partial charge in [-0.15, -0.1) is 0 Å². The normalized spacial score (nSPS) is 16.2. The third-order valence-electron chi connectivity index (χ3n) is 10.3. The summed E-state index contributed by atoms with van der Waals surface area (Å²) >= 11 is 12.2. The standard InChI is InChI=1S/C45H44Cl2N4O8/c1-25(2)49-45(55)51-22-32-21-41-40(57-24-42(59-41)30-8-12-33(13-9-30)56-23-29-7-14-35(46)36(47)17-29)20-31(32)19-38(51)43(52)50-37(44(53)54)18-28-5-10-34(11-6-28)58-39-15-16-48-27(4)26(39)3/h5-17,20-21,25,37-38,42H,18-19,22-24H2,1-4H3,(H,49,55)(H,50,52)(H,53,54)/t37?,38-,42+/m0/s1. The van der Waals surface area contributed by atoms with Crippen molar-refractivity contribution in [2.24, 2.45) is 0 Å². The van der Waals surface area contributed by atoms with Crippen LogP contribution in [-0.2, 0) is 35.6 Å². The van der Waals surface area contributed by atoms with Crippen molar-refractivity contribution in [3.05, 3.63) is 140 Å². The van der Waals surface area contributed by atoms with Crippen molar-refractivity contribution in [3.63, 3.8) is 0 Å². The predicted octanol–water partition coefficient (Wildman–Crippen LogP) is 8.55. The van der Waals surface area contributed by atoms with E-state index in [2.05, 4.69) is 15.6 Å². The molecular formula is C45H44Cl2N4O8. The summed E-state index contributed by atoms with van der Waals surface area (Å²) in [5, 5.41) is 16.7. The van der Waals surface area contributed by atoms with Crippen LogP contribution in [0.25, 0.3) is 0 Å². The number of amides is 3. The minimum absolute atomic E-state index is 0.0184. The van der Waals surface area contributed by atoms with Crippen LogP contribution in [0, 0.1) is 13.8 Å². The number of nitrogens with one attached hydrogen (secondary N) is 2. The molecule has 3 N–H and O–H groups in total. The molecule has 0 saturated carbocycles. The lowest BCUT2D eigenvalue weighted by Crippen LogP contribution is -2.58. The highest BCUT2D eigenvalue weighted by atomic mass is 35.5. The zero-order chi connectivity index (χ0) is 41.8. The van der Waals surface area contributed by atoms with Crippen LogP contribution in [0.1, 0.15) is 59.0 Å². The first-order chi connectivity index (χ1) is 28.3. The highest BCUT2D eigenvalue weighted by Crippen LogP contribution is 2.41. The van der Waals surface area contributed by atoms with Gasteiger partial charge in [-0.25, -0.2) is 9.59 Å². The average Bonchev–Trinajstić information content (AvgIpc) is 3.21. The van der Waals surface area contributed by atoms with Crippen LogP contribution in [0.4, 0.5) is 4.79 Å². The molecule has 3 heterocycles. The first-order valence-corrected chi connectivity index (χ1v) is 20.0. The number of aliphatic carboxylic acids is 1. The number of carbonyl (C=O) groups is 3. The van der Waals surface area contributed by atoms with Crippen molar-refractivity contribution < 1.29 is 38.4 Å². The van der Waals surface area contributed by atoms with Crippen molar-refractivity contribution >= 4 is 41.1 Å². The highest BCUT2D eigenvalue weighted by molar-refractivity contribution is 6.42. The number of carbonyl (C=O) groups excluding carboxylic acids is 2. The number of nitrogens with zero attached hydrogens (tertiary/aromatic N) is 2. The molecule has 1 unspecified atom stereocenters. The van der Waals surface area contributed by atoms with Gasteiger partial charge in [0.15, 0.2) is 17.6 Å². The molecule has 7 rings (SSSR count). The van der Waals surface area contributed by atoms with Crippen LogP contribution in [-0.4, -0.2) is 57.6 Å². The molecule has 0 fully saturated rings. The van der Waals surface area contributed by atoms with E-state index in [0.29, 0.717) is 51.0 Å². The van der Waals surface area contributed by atoms with Crippen LogP contribution in [0.5, 0.6) is 28.7 Å². The minimum atomic E-state index is -1.25. The Morgan fingerprint density at radius 2 is 1.59 bits per heavy atom. The molecule has 12 nitrogen and oxygen atoms in total. The summed E-state index contributed by atoms with van der Waals surface area (Å²) < 4.78 is 24.6. The van der Waals surface area contributed by atoms with E-state index in [4.69, 9.17) is 42.1 Å². The molecule has 3 atom stereocenters. The molecule has 0 bridgehead atoms. The van der Waals surface area contributed by atoms with Gasteiger partial charge in [0, 0.05) is 42.9 Å². The SMILES string of the molecule is Cc1nccc(Oc2ccc(CC(NC(=O)[C@@H]3Cc4cc5c(cc4CN3C(=O)NC(C)C)O[C@@H](c3ccc(OCc4ccc(Cl)c(Cl)c4)cc3)CO5)C(=O)O)cc2)c1C. The van der Waals surface area contributed by atoms with E-state index in [1.54, 1.807) is 48.7 Å². The van der Waals surface area contributed by atoms with Crippen molar-refractivity contribution in [2.75, 3.05) is 6.61 Å². The van der Waals surface area contributed by atoms with Crippen molar-refractivity contribution in [2.45, 2.75) is 77.9 Å². The van der Waals surface area contributed by atoms with Gasteiger partial charge in [-0.2, -0.15) is 0 Å². The third kappa shape index (κ3) is 9.84. The number of aromatic nitrogens is 1. The quantitative estimate of drug-likeness (QED) is 0.112. The molecule has 0 radical (unpaired) electrons. The summed E-state index contributed by atoms with van der Waals surface area (Å²) in [5.41, 5.74) is 5.82. The van der Waals surface area contributed by atoms with Crippen molar-refractivity contribution in [3.8, 4) is 28.7 Å². The first-order valence-electron chi connectivity index (χ1n) is 19.2. The first kappa shape index (κ1) is 41.2. The number of fused-ring (bicyclic) bond motifs is 2. The molecule has 0 aliphatic carbocycles. The number of hydrogen-bond donors (Lipinski definition) is 3. The number of aryl methyl sites for hydroxylation is 1. The number of hydrogen-bond acceptors (Lipinski definition) is 8. The number of benzene rings is 4. The fraction of sp³-hybridized carbons (Fsp3) is 0.289. The predicted molar refractivity (Wildman–Crippen MR) is 223 cm³/mol. The average molecular weight is 840 g/mol. The van der Waals surface area contributed by atoms with Crippen LogP contribution in [0.15, 0.2) is 91.1 Å². The Morgan fingerprint density at radius 1 is 0.881 bits per heavy atom. The highest BCUT2D eigenvalue weighted by Gasteiger charge is 2.38. The second-order valence-electron chi connectivity index (χ2n) is 14.9. The molecule has 14 heteroatoms. The summed E-state index contributed by atoms with van der Waals surface area (Å²) in [4.78, 5) is 45.8. The number of rotatable bonds is 12. The Bertz CT molecular complexity index is 2360. The molecule has 1 aromatic heterocycles.